The molecule has 0 amide bonds. The Morgan fingerprint density at radius 1 is 0.815 bits per heavy atom. The van der Waals surface area contributed by atoms with Gasteiger partial charge in [-0.1, -0.05) is 71.1 Å². The fourth-order valence-electron chi connectivity index (χ4n) is 3.80. The highest BCUT2D eigenvalue weighted by Crippen LogP contribution is 2.12. The van der Waals surface area contributed by atoms with Crippen molar-refractivity contribution in [1.29, 1.82) is 0 Å². The third-order valence-electron chi connectivity index (χ3n) is 5.60. The van der Waals surface area contributed by atoms with Crippen molar-refractivity contribution in [2.75, 3.05) is 45.9 Å². The molecule has 1 saturated heterocycles. The van der Waals surface area contributed by atoms with Gasteiger partial charge in [0.1, 0.15) is 5.78 Å². The molecule has 1 aliphatic heterocycles. The number of carbonyl (C=O) groups excluding carboxylic acids is 1. The highest BCUT2D eigenvalue weighted by molar-refractivity contribution is 5.80. The number of aliphatic hydroxyl groups excluding tert-OH is 2. The molecule has 2 N–H and O–H groups in total. The van der Waals surface area contributed by atoms with Crippen LogP contribution in [-0.4, -0.2) is 77.8 Å². The van der Waals surface area contributed by atoms with Gasteiger partial charge in [-0.3, -0.25) is 14.6 Å². The van der Waals surface area contributed by atoms with Crippen LogP contribution in [0, 0.1) is 0 Å². The third-order valence-corrected chi connectivity index (χ3v) is 5.60. The second-order valence-corrected chi connectivity index (χ2v) is 8.24. The van der Waals surface area contributed by atoms with Crippen LogP contribution in [0.2, 0.25) is 0 Å². The molecule has 0 aromatic rings. The molecule has 1 heterocycles. The number of rotatable bonds is 17. The molecule has 0 radical (unpaired) electrons. The molecule has 1 aliphatic rings. The molecular weight excluding hydrogens is 340 g/mol. The zero-order valence-corrected chi connectivity index (χ0v) is 17.7. The van der Waals surface area contributed by atoms with Crippen molar-refractivity contribution in [3.8, 4) is 0 Å². The minimum Gasteiger partial charge on any atom is -0.394 e. The molecule has 1 atom stereocenters. The van der Waals surface area contributed by atoms with E-state index in [1.165, 1.54) is 64.2 Å². The maximum Gasteiger partial charge on any atom is 0.146 e. The van der Waals surface area contributed by atoms with E-state index in [0.29, 0.717) is 18.9 Å². The number of nitrogens with zero attached hydrogens (tertiary/aromatic N) is 2. The summed E-state index contributed by atoms with van der Waals surface area (Å²) in [5.41, 5.74) is 0. The SMILES string of the molecule is CCCCCCCCCCCCCC(=O)CN1CCN(CC(O)CO)CC1. The van der Waals surface area contributed by atoms with Gasteiger partial charge < -0.3 is 10.2 Å². The largest absolute Gasteiger partial charge is 0.394 e. The average Bonchev–Trinajstić information content (AvgIpc) is 2.67. The highest BCUT2D eigenvalue weighted by Gasteiger charge is 2.20. The normalized spacial score (nSPS) is 17.3. The Balaban J connectivity index is 1.90. The van der Waals surface area contributed by atoms with Crippen molar-refractivity contribution in [1.82, 2.24) is 9.80 Å². The summed E-state index contributed by atoms with van der Waals surface area (Å²) < 4.78 is 0. The van der Waals surface area contributed by atoms with E-state index in [4.69, 9.17) is 5.11 Å². The summed E-state index contributed by atoms with van der Waals surface area (Å²) in [5, 5.41) is 18.4. The van der Waals surface area contributed by atoms with Crippen LogP contribution in [-0.2, 0) is 4.79 Å². The van der Waals surface area contributed by atoms with Crippen LogP contribution >= 0.6 is 0 Å². The van der Waals surface area contributed by atoms with Crippen LogP contribution in [0.5, 0.6) is 0 Å². The number of β-amino-alcohol motifs (C(OH)–C–C–N with tert-alkyl or cyclic N) is 1. The summed E-state index contributed by atoms with van der Waals surface area (Å²) in [4.78, 5) is 16.5. The van der Waals surface area contributed by atoms with E-state index in [2.05, 4.69) is 16.7 Å². The zero-order chi connectivity index (χ0) is 19.7. The topological polar surface area (TPSA) is 64.0 Å². The van der Waals surface area contributed by atoms with E-state index in [1.54, 1.807) is 0 Å². The quantitative estimate of drug-likeness (QED) is 0.377. The van der Waals surface area contributed by atoms with Gasteiger partial charge in [-0.05, 0) is 6.42 Å². The Labute approximate surface area is 167 Å². The first-order valence-corrected chi connectivity index (χ1v) is 11.4. The van der Waals surface area contributed by atoms with Gasteiger partial charge in [0.2, 0.25) is 0 Å². The summed E-state index contributed by atoms with van der Waals surface area (Å²) >= 11 is 0. The molecular formula is C22H44N2O3. The Bertz CT molecular complexity index is 357. The summed E-state index contributed by atoms with van der Waals surface area (Å²) in [5.74, 6) is 0.370. The van der Waals surface area contributed by atoms with Crippen molar-refractivity contribution in [3.63, 3.8) is 0 Å². The Kier molecular flexibility index (Phi) is 15.0. The Morgan fingerprint density at radius 2 is 1.30 bits per heavy atom. The first-order valence-electron chi connectivity index (χ1n) is 11.4. The molecule has 0 aromatic heterocycles. The lowest BCUT2D eigenvalue weighted by atomic mass is 10.0. The molecule has 0 saturated carbocycles. The zero-order valence-electron chi connectivity index (χ0n) is 17.7. The fraction of sp³-hybridized carbons (Fsp3) is 0.955. The van der Waals surface area contributed by atoms with Crippen molar-refractivity contribution in [3.05, 3.63) is 0 Å². The molecule has 1 fully saturated rings. The number of Topliss-reactive ketones (excluding diaryl/α,β-unsaturated/α-hetero) is 1. The van der Waals surface area contributed by atoms with Crippen molar-refractivity contribution in [2.45, 2.75) is 90.1 Å². The van der Waals surface area contributed by atoms with Crippen LogP contribution in [0.15, 0.2) is 0 Å². The van der Waals surface area contributed by atoms with Gasteiger partial charge in [0, 0.05) is 39.1 Å². The van der Waals surface area contributed by atoms with E-state index in [-0.39, 0.29) is 6.61 Å². The molecule has 5 nitrogen and oxygen atoms in total. The lowest BCUT2D eigenvalue weighted by molar-refractivity contribution is -0.120. The van der Waals surface area contributed by atoms with E-state index >= 15 is 0 Å². The standard InChI is InChI=1S/C22H44N2O3/c1-2-3-4-5-6-7-8-9-10-11-12-13-21(26)18-23-14-16-24(17-15-23)19-22(27)20-25/h22,25,27H,2-20H2,1H3. The second-order valence-electron chi connectivity index (χ2n) is 8.24. The molecule has 1 unspecified atom stereocenters. The van der Waals surface area contributed by atoms with E-state index in [9.17, 15) is 9.90 Å². The second kappa shape index (κ2) is 16.5. The molecule has 5 heteroatoms. The molecule has 1 rings (SSSR count). The van der Waals surface area contributed by atoms with E-state index in [1.807, 2.05) is 0 Å². The summed E-state index contributed by atoms with van der Waals surface area (Å²) in [7, 11) is 0. The number of aliphatic hydroxyl groups is 2. The minimum atomic E-state index is -0.653. The maximum atomic E-state index is 12.1. The molecule has 160 valence electrons. The molecule has 0 aliphatic carbocycles. The number of unbranched alkanes of at least 4 members (excludes halogenated alkanes) is 10. The predicted octanol–water partition coefficient (Wildman–Crippen LogP) is 3.23. The van der Waals surface area contributed by atoms with Gasteiger partial charge >= 0.3 is 0 Å². The van der Waals surface area contributed by atoms with Gasteiger partial charge in [-0.15, -0.1) is 0 Å². The predicted molar refractivity (Wildman–Crippen MR) is 112 cm³/mol. The highest BCUT2D eigenvalue weighted by atomic mass is 16.3. The number of carbonyl (C=O) groups is 1. The average molecular weight is 385 g/mol. The third kappa shape index (κ3) is 13.3. The van der Waals surface area contributed by atoms with E-state index in [0.717, 1.165) is 39.0 Å². The van der Waals surface area contributed by atoms with Gasteiger partial charge in [0.05, 0.1) is 19.3 Å². The number of hydrogen-bond donors (Lipinski definition) is 2. The van der Waals surface area contributed by atoms with Gasteiger partial charge in [0.25, 0.3) is 0 Å². The number of hydrogen-bond acceptors (Lipinski definition) is 5. The van der Waals surface area contributed by atoms with Crippen molar-refractivity contribution < 1.29 is 15.0 Å². The lowest BCUT2D eigenvalue weighted by Gasteiger charge is -2.35. The molecule has 0 bridgehead atoms. The van der Waals surface area contributed by atoms with Crippen LogP contribution in [0.4, 0.5) is 0 Å². The Morgan fingerprint density at radius 3 is 1.81 bits per heavy atom. The maximum absolute atomic E-state index is 12.1. The van der Waals surface area contributed by atoms with Crippen LogP contribution in [0.25, 0.3) is 0 Å². The van der Waals surface area contributed by atoms with Gasteiger partial charge in [-0.2, -0.15) is 0 Å². The number of piperazine rings is 1. The molecule has 0 spiro atoms. The minimum absolute atomic E-state index is 0.183. The smallest absolute Gasteiger partial charge is 0.146 e. The van der Waals surface area contributed by atoms with Crippen LogP contribution in [0.1, 0.15) is 84.0 Å². The van der Waals surface area contributed by atoms with Gasteiger partial charge in [-0.25, -0.2) is 0 Å². The summed E-state index contributed by atoms with van der Waals surface area (Å²) in [6.07, 6.45) is 14.5. The fourth-order valence-corrected chi connectivity index (χ4v) is 3.80. The monoisotopic (exact) mass is 384 g/mol. The lowest BCUT2D eigenvalue weighted by Crippen LogP contribution is -2.50. The summed E-state index contributed by atoms with van der Waals surface area (Å²) in [6, 6.07) is 0. The van der Waals surface area contributed by atoms with Crippen molar-refractivity contribution in [2.24, 2.45) is 0 Å². The summed E-state index contributed by atoms with van der Waals surface area (Å²) in [6.45, 7) is 6.66. The Hall–Kier alpha value is -0.490. The van der Waals surface area contributed by atoms with Crippen LogP contribution < -0.4 is 0 Å². The molecule has 0 aromatic carbocycles. The number of ketones is 1. The first-order chi connectivity index (χ1) is 13.2. The van der Waals surface area contributed by atoms with Crippen molar-refractivity contribution >= 4 is 5.78 Å². The molecule has 27 heavy (non-hydrogen) atoms. The van der Waals surface area contributed by atoms with Gasteiger partial charge in [0.15, 0.2) is 0 Å². The first kappa shape index (κ1) is 24.5. The van der Waals surface area contributed by atoms with E-state index < -0.39 is 6.10 Å². The van der Waals surface area contributed by atoms with Crippen LogP contribution in [0.3, 0.4) is 0 Å².